The summed E-state index contributed by atoms with van der Waals surface area (Å²) in [4.78, 5) is 23.4. The molecule has 1 amide bonds. The van der Waals surface area contributed by atoms with E-state index in [1.807, 2.05) is 6.07 Å². The number of amides is 1. The molecule has 0 fully saturated rings. The van der Waals surface area contributed by atoms with Crippen molar-refractivity contribution in [1.82, 2.24) is 0 Å². The van der Waals surface area contributed by atoms with Crippen LogP contribution in [0.5, 0.6) is 17.2 Å². The predicted molar refractivity (Wildman–Crippen MR) is 123 cm³/mol. The molecule has 1 N–H and O–H groups in total. The third-order valence-corrected chi connectivity index (χ3v) is 4.80. The summed E-state index contributed by atoms with van der Waals surface area (Å²) in [5.74, 6) is -0.282. The summed E-state index contributed by atoms with van der Waals surface area (Å²) in [6.07, 6.45) is 1.45. The maximum Gasteiger partial charge on any atom is 0.266 e. The highest BCUT2D eigenvalue weighted by atomic mass is 16.5. The lowest BCUT2D eigenvalue weighted by Gasteiger charge is -2.12. The van der Waals surface area contributed by atoms with Gasteiger partial charge in [-0.15, -0.1) is 0 Å². The number of anilines is 1. The number of rotatable bonds is 9. The van der Waals surface area contributed by atoms with E-state index in [0.29, 0.717) is 28.5 Å². The van der Waals surface area contributed by atoms with E-state index in [2.05, 4.69) is 5.32 Å². The molecule has 172 valence electrons. The standard InChI is InChI=1S/C26H22N2O6/c1-32-22-10-8-21(9-11-22)28-25(29)20(15-27)13-18-5-12-23(24(14-18)33-2)34-16-17-3-6-19(7-4-17)26(30)31/h3-14H,16H2,1-2H3,(H,28,29)(H,30,31)/p-1/b20-13+. The molecule has 0 aliphatic heterocycles. The van der Waals surface area contributed by atoms with Crippen molar-refractivity contribution in [2.24, 2.45) is 0 Å². The van der Waals surface area contributed by atoms with Gasteiger partial charge in [0.25, 0.3) is 5.91 Å². The maximum absolute atomic E-state index is 12.5. The van der Waals surface area contributed by atoms with Crippen LogP contribution in [0.2, 0.25) is 0 Å². The van der Waals surface area contributed by atoms with Crippen molar-refractivity contribution >= 4 is 23.6 Å². The molecular formula is C26H21N2O6-. The molecule has 0 aliphatic rings. The van der Waals surface area contributed by atoms with Gasteiger partial charge in [0.15, 0.2) is 11.5 Å². The zero-order valence-electron chi connectivity index (χ0n) is 18.5. The summed E-state index contributed by atoms with van der Waals surface area (Å²) in [5.41, 5.74) is 1.87. The topological polar surface area (TPSA) is 121 Å². The summed E-state index contributed by atoms with van der Waals surface area (Å²) < 4.78 is 16.3. The Labute approximate surface area is 196 Å². The average Bonchev–Trinajstić information content (AvgIpc) is 2.86. The van der Waals surface area contributed by atoms with Crippen LogP contribution in [0.15, 0.2) is 72.3 Å². The van der Waals surface area contributed by atoms with Gasteiger partial charge in [0, 0.05) is 5.69 Å². The van der Waals surface area contributed by atoms with Gasteiger partial charge in [-0.05, 0) is 59.2 Å². The van der Waals surface area contributed by atoms with Gasteiger partial charge in [0.1, 0.15) is 24.0 Å². The molecule has 3 rings (SSSR count). The molecule has 0 aromatic heterocycles. The first-order valence-electron chi connectivity index (χ1n) is 10.1. The van der Waals surface area contributed by atoms with Crippen LogP contribution in [-0.4, -0.2) is 26.1 Å². The number of carbonyl (C=O) groups is 2. The Morgan fingerprint density at radius 3 is 2.26 bits per heavy atom. The fourth-order valence-electron chi connectivity index (χ4n) is 2.98. The van der Waals surface area contributed by atoms with Crippen LogP contribution in [0.1, 0.15) is 21.5 Å². The molecule has 0 radical (unpaired) electrons. The monoisotopic (exact) mass is 457 g/mol. The highest BCUT2D eigenvalue weighted by molar-refractivity contribution is 6.09. The fourth-order valence-corrected chi connectivity index (χ4v) is 2.98. The number of carbonyl (C=O) groups excluding carboxylic acids is 2. The summed E-state index contributed by atoms with van der Waals surface area (Å²) in [7, 11) is 3.02. The molecule has 0 bridgehead atoms. The van der Waals surface area contributed by atoms with Crippen LogP contribution in [0.3, 0.4) is 0 Å². The summed E-state index contributed by atoms with van der Waals surface area (Å²) in [5, 5.41) is 23.0. The number of hydrogen-bond acceptors (Lipinski definition) is 7. The first kappa shape index (κ1) is 23.9. The van der Waals surface area contributed by atoms with Crippen molar-refractivity contribution in [2.75, 3.05) is 19.5 Å². The quantitative estimate of drug-likeness (QED) is 0.387. The molecule has 0 aliphatic carbocycles. The van der Waals surface area contributed by atoms with E-state index in [0.717, 1.165) is 5.56 Å². The van der Waals surface area contributed by atoms with Gasteiger partial charge < -0.3 is 29.4 Å². The van der Waals surface area contributed by atoms with Crippen molar-refractivity contribution in [3.8, 4) is 23.3 Å². The minimum absolute atomic E-state index is 0.0838. The van der Waals surface area contributed by atoms with Gasteiger partial charge in [-0.25, -0.2) is 0 Å². The molecule has 8 nitrogen and oxygen atoms in total. The van der Waals surface area contributed by atoms with Crippen molar-refractivity contribution in [1.29, 1.82) is 5.26 Å². The van der Waals surface area contributed by atoms with Crippen LogP contribution in [0, 0.1) is 11.3 Å². The number of carboxylic acid groups (broad SMARTS) is 1. The Balaban J connectivity index is 1.71. The Morgan fingerprint density at radius 2 is 1.68 bits per heavy atom. The normalized spacial score (nSPS) is 10.7. The van der Waals surface area contributed by atoms with Crippen molar-refractivity contribution in [3.05, 3.63) is 89.0 Å². The fraction of sp³-hybridized carbons (Fsp3) is 0.115. The molecule has 0 saturated heterocycles. The Morgan fingerprint density at radius 1 is 0.971 bits per heavy atom. The molecule has 3 aromatic rings. The second-order valence-electron chi connectivity index (χ2n) is 7.04. The number of nitrogens with one attached hydrogen (secondary N) is 1. The zero-order chi connectivity index (χ0) is 24.5. The van der Waals surface area contributed by atoms with E-state index in [9.17, 15) is 20.0 Å². The van der Waals surface area contributed by atoms with E-state index < -0.39 is 11.9 Å². The summed E-state index contributed by atoms with van der Waals surface area (Å²) in [6.45, 7) is 0.187. The molecule has 0 atom stereocenters. The molecular weight excluding hydrogens is 436 g/mol. The second kappa shape index (κ2) is 11.2. The molecule has 0 saturated carbocycles. The van der Waals surface area contributed by atoms with Crippen LogP contribution in [0.4, 0.5) is 5.69 Å². The van der Waals surface area contributed by atoms with Crippen LogP contribution >= 0.6 is 0 Å². The van der Waals surface area contributed by atoms with E-state index in [-0.39, 0.29) is 17.7 Å². The first-order chi connectivity index (χ1) is 16.4. The minimum atomic E-state index is -1.24. The molecule has 0 heterocycles. The average molecular weight is 457 g/mol. The van der Waals surface area contributed by atoms with Gasteiger partial charge in [-0.1, -0.05) is 30.3 Å². The van der Waals surface area contributed by atoms with Gasteiger partial charge in [-0.2, -0.15) is 5.26 Å². The van der Waals surface area contributed by atoms with Crippen LogP contribution < -0.4 is 24.6 Å². The van der Waals surface area contributed by atoms with E-state index in [1.54, 1.807) is 61.7 Å². The van der Waals surface area contributed by atoms with Gasteiger partial charge >= 0.3 is 0 Å². The van der Waals surface area contributed by atoms with Gasteiger partial charge in [-0.3, -0.25) is 4.79 Å². The van der Waals surface area contributed by atoms with Crippen LogP contribution in [0.25, 0.3) is 6.08 Å². The molecule has 34 heavy (non-hydrogen) atoms. The Kier molecular flexibility index (Phi) is 7.87. The van der Waals surface area contributed by atoms with E-state index in [1.165, 1.54) is 25.3 Å². The highest BCUT2D eigenvalue weighted by Crippen LogP contribution is 2.30. The van der Waals surface area contributed by atoms with E-state index in [4.69, 9.17) is 14.2 Å². The molecule has 0 unspecified atom stereocenters. The molecule has 0 spiro atoms. The SMILES string of the molecule is COc1ccc(NC(=O)/C(C#N)=C/c2ccc(OCc3ccc(C(=O)[O-])cc3)c(OC)c2)cc1. The first-order valence-corrected chi connectivity index (χ1v) is 10.1. The lowest BCUT2D eigenvalue weighted by atomic mass is 10.1. The lowest BCUT2D eigenvalue weighted by molar-refractivity contribution is -0.255. The number of nitriles is 1. The smallest absolute Gasteiger partial charge is 0.266 e. The summed E-state index contributed by atoms with van der Waals surface area (Å²) in [6, 6.07) is 19.8. The number of benzene rings is 3. The molecule has 3 aromatic carbocycles. The second-order valence-corrected chi connectivity index (χ2v) is 7.04. The van der Waals surface area contributed by atoms with Gasteiger partial charge in [0.2, 0.25) is 0 Å². The number of aromatic carboxylic acids is 1. The largest absolute Gasteiger partial charge is 0.545 e. The summed E-state index contributed by atoms with van der Waals surface area (Å²) >= 11 is 0. The third-order valence-electron chi connectivity index (χ3n) is 4.80. The third kappa shape index (κ3) is 6.14. The molecule has 8 heteroatoms. The van der Waals surface area contributed by atoms with E-state index >= 15 is 0 Å². The number of nitrogens with zero attached hydrogens (tertiary/aromatic N) is 1. The van der Waals surface area contributed by atoms with Crippen molar-refractivity contribution in [2.45, 2.75) is 6.61 Å². The van der Waals surface area contributed by atoms with Gasteiger partial charge in [0.05, 0.1) is 20.2 Å². The lowest BCUT2D eigenvalue weighted by Crippen LogP contribution is -2.22. The predicted octanol–water partition coefficient (Wildman–Crippen LogP) is 3.19. The number of methoxy groups -OCH3 is 2. The van der Waals surface area contributed by atoms with Crippen molar-refractivity contribution < 1.29 is 28.9 Å². The van der Waals surface area contributed by atoms with Crippen LogP contribution in [-0.2, 0) is 11.4 Å². The number of ether oxygens (including phenoxy) is 3. The number of hydrogen-bond donors (Lipinski definition) is 1. The number of carboxylic acids is 1. The van der Waals surface area contributed by atoms with Crippen molar-refractivity contribution in [3.63, 3.8) is 0 Å². The zero-order valence-corrected chi connectivity index (χ0v) is 18.5. The Hall–Kier alpha value is -4.77. The maximum atomic E-state index is 12.5. The minimum Gasteiger partial charge on any atom is -0.545 e. The highest BCUT2D eigenvalue weighted by Gasteiger charge is 2.12. The Bertz CT molecular complexity index is 1240.